The average Bonchev–Trinajstić information content (AvgIpc) is 3.22. The van der Waals surface area contributed by atoms with Gasteiger partial charge in [-0.1, -0.05) is 18.5 Å². The van der Waals surface area contributed by atoms with Crippen LogP contribution in [0.5, 0.6) is 11.5 Å². The molecule has 0 saturated carbocycles. The SMILES string of the molecule is CCCC1NC(=O)N(Cc2nc(-c3ccc(OC)c(OC)c3)no2)C1=O. The van der Waals surface area contributed by atoms with Crippen molar-refractivity contribution in [2.24, 2.45) is 0 Å². The van der Waals surface area contributed by atoms with Crippen molar-refractivity contribution in [3.05, 3.63) is 24.1 Å². The summed E-state index contributed by atoms with van der Waals surface area (Å²) in [6, 6.07) is 4.29. The first-order valence-electron chi connectivity index (χ1n) is 8.24. The molecule has 0 radical (unpaired) electrons. The second-order valence-electron chi connectivity index (χ2n) is 5.80. The summed E-state index contributed by atoms with van der Waals surface area (Å²) in [6.07, 6.45) is 1.40. The maximum absolute atomic E-state index is 12.3. The van der Waals surface area contributed by atoms with Crippen LogP contribution in [0.25, 0.3) is 11.4 Å². The van der Waals surface area contributed by atoms with Crippen LogP contribution in [0.3, 0.4) is 0 Å². The average molecular weight is 360 g/mol. The van der Waals surface area contributed by atoms with E-state index in [4.69, 9.17) is 14.0 Å². The quantitative estimate of drug-likeness (QED) is 0.752. The molecule has 1 unspecified atom stereocenters. The van der Waals surface area contributed by atoms with Gasteiger partial charge in [0.25, 0.3) is 5.91 Å². The van der Waals surface area contributed by atoms with E-state index in [0.717, 1.165) is 11.3 Å². The van der Waals surface area contributed by atoms with Crippen LogP contribution >= 0.6 is 0 Å². The standard InChI is InChI=1S/C17H20N4O5/c1-4-5-11-16(22)21(17(23)18-11)9-14-19-15(20-26-14)10-6-7-12(24-2)13(8-10)25-3/h6-8,11H,4-5,9H2,1-3H3,(H,18,23). The third-order valence-corrected chi connectivity index (χ3v) is 4.09. The van der Waals surface area contributed by atoms with E-state index in [-0.39, 0.29) is 18.3 Å². The lowest BCUT2D eigenvalue weighted by Gasteiger charge is -2.09. The van der Waals surface area contributed by atoms with Crippen molar-refractivity contribution >= 4 is 11.9 Å². The zero-order valence-corrected chi connectivity index (χ0v) is 14.8. The molecule has 1 saturated heterocycles. The molecule has 3 amide bonds. The number of nitrogens with one attached hydrogen (secondary N) is 1. The number of urea groups is 1. The van der Waals surface area contributed by atoms with Gasteiger partial charge in [-0.25, -0.2) is 4.79 Å². The Morgan fingerprint density at radius 3 is 2.69 bits per heavy atom. The van der Waals surface area contributed by atoms with Crippen molar-refractivity contribution in [3.63, 3.8) is 0 Å². The largest absolute Gasteiger partial charge is 0.493 e. The number of rotatable bonds is 7. The maximum Gasteiger partial charge on any atom is 0.325 e. The van der Waals surface area contributed by atoms with E-state index in [1.165, 1.54) is 7.11 Å². The Labute approximate surface area is 150 Å². The third-order valence-electron chi connectivity index (χ3n) is 4.09. The summed E-state index contributed by atoms with van der Waals surface area (Å²) in [4.78, 5) is 29.6. The monoisotopic (exact) mass is 360 g/mol. The van der Waals surface area contributed by atoms with E-state index < -0.39 is 12.1 Å². The number of ether oxygens (including phenoxy) is 2. The number of nitrogens with zero attached hydrogens (tertiary/aromatic N) is 3. The molecule has 0 aliphatic carbocycles. The summed E-state index contributed by atoms with van der Waals surface area (Å²) in [7, 11) is 3.08. The van der Waals surface area contributed by atoms with Gasteiger partial charge in [-0.2, -0.15) is 4.98 Å². The first kappa shape index (κ1) is 17.7. The van der Waals surface area contributed by atoms with Crippen molar-refractivity contribution in [1.29, 1.82) is 0 Å². The van der Waals surface area contributed by atoms with Gasteiger partial charge in [0.05, 0.1) is 14.2 Å². The molecule has 1 fully saturated rings. The van der Waals surface area contributed by atoms with Gasteiger partial charge >= 0.3 is 6.03 Å². The summed E-state index contributed by atoms with van der Waals surface area (Å²) in [5.74, 6) is 1.35. The molecule has 2 aromatic rings. The molecule has 1 atom stereocenters. The molecule has 26 heavy (non-hydrogen) atoms. The van der Waals surface area contributed by atoms with Gasteiger partial charge in [-0.05, 0) is 24.6 Å². The van der Waals surface area contributed by atoms with Crippen LogP contribution in [-0.4, -0.2) is 47.2 Å². The van der Waals surface area contributed by atoms with Gasteiger partial charge < -0.3 is 19.3 Å². The molecular formula is C17H20N4O5. The highest BCUT2D eigenvalue weighted by molar-refractivity contribution is 6.04. The Kier molecular flexibility index (Phi) is 5.06. The second-order valence-corrected chi connectivity index (χ2v) is 5.80. The molecule has 0 spiro atoms. The Balaban J connectivity index is 1.76. The summed E-state index contributed by atoms with van der Waals surface area (Å²) in [6.45, 7) is 1.89. The first-order valence-corrected chi connectivity index (χ1v) is 8.24. The molecule has 1 aromatic carbocycles. The van der Waals surface area contributed by atoms with Gasteiger partial charge in [0.1, 0.15) is 12.6 Å². The van der Waals surface area contributed by atoms with E-state index in [1.807, 2.05) is 6.92 Å². The Hall–Kier alpha value is -3.10. The minimum absolute atomic E-state index is 0.0643. The van der Waals surface area contributed by atoms with Crippen LogP contribution in [0.15, 0.2) is 22.7 Å². The number of hydrogen-bond donors (Lipinski definition) is 1. The van der Waals surface area contributed by atoms with Crippen molar-refractivity contribution in [2.75, 3.05) is 14.2 Å². The van der Waals surface area contributed by atoms with Gasteiger partial charge in [0.2, 0.25) is 11.7 Å². The van der Waals surface area contributed by atoms with Crippen molar-refractivity contribution < 1.29 is 23.6 Å². The van der Waals surface area contributed by atoms with Crippen LogP contribution in [0.1, 0.15) is 25.7 Å². The van der Waals surface area contributed by atoms with E-state index in [9.17, 15) is 9.59 Å². The molecule has 9 nitrogen and oxygen atoms in total. The fourth-order valence-electron chi connectivity index (χ4n) is 2.76. The lowest BCUT2D eigenvalue weighted by molar-refractivity contribution is -0.128. The van der Waals surface area contributed by atoms with Gasteiger partial charge in [-0.3, -0.25) is 9.69 Å². The van der Waals surface area contributed by atoms with Crippen molar-refractivity contribution in [3.8, 4) is 22.9 Å². The van der Waals surface area contributed by atoms with Crippen LogP contribution in [0.2, 0.25) is 0 Å². The topological polar surface area (TPSA) is 107 Å². The number of methoxy groups -OCH3 is 2. The summed E-state index contributed by atoms with van der Waals surface area (Å²) >= 11 is 0. The number of amides is 3. The number of imide groups is 1. The minimum atomic E-state index is -0.485. The molecule has 0 bridgehead atoms. The molecule has 1 aliphatic heterocycles. The molecule has 2 heterocycles. The molecular weight excluding hydrogens is 340 g/mol. The van der Waals surface area contributed by atoms with Gasteiger partial charge in [0.15, 0.2) is 11.5 Å². The van der Waals surface area contributed by atoms with E-state index in [0.29, 0.717) is 29.3 Å². The van der Waals surface area contributed by atoms with Gasteiger partial charge in [0, 0.05) is 5.56 Å². The number of carbonyl (C=O) groups excluding carboxylic acids is 2. The van der Waals surface area contributed by atoms with E-state index in [2.05, 4.69) is 15.5 Å². The maximum atomic E-state index is 12.3. The van der Waals surface area contributed by atoms with Crippen molar-refractivity contribution in [1.82, 2.24) is 20.4 Å². The van der Waals surface area contributed by atoms with Crippen LogP contribution in [0.4, 0.5) is 4.79 Å². The summed E-state index contributed by atoms with van der Waals surface area (Å²) in [5.41, 5.74) is 0.665. The second kappa shape index (κ2) is 7.42. The molecule has 3 rings (SSSR count). The fourth-order valence-corrected chi connectivity index (χ4v) is 2.76. The molecule has 1 N–H and O–H groups in total. The Morgan fingerprint density at radius 2 is 2.00 bits per heavy atom. The summed E-state index contributed by atoms with van der Waals surface area (Å²) in [5, 5.41) is 6.57. The third kappa shape index (κ3) is 3.32. The van der Waals surface area contributed by atoms with Crippen LogP contribution < -0.4 is 14.8 Å². The van der Waals surface area contributed by atoms with Gasteiger partial charge in [-0.15, -0.1) is 0 Å². The first-order chi connectivity index (χ1) is 12.6. The predicted molar refractivity (Wildman–Crippen MR) is 90.6 cm³/mol. The highest BCUT2D eigenvalue weighted by atomic mass is 16.5. The number of hydrogen-bond acceptors (Lipinski definition) is 7. The lowest BCUT2D eigenvalue weighted by Crippen LogP contribution is -2.31. The van der Waals surface area contributed by atoms with E-state index >= 15 is 0 Å². The molecule has 9 heteroatoms. The zero-order valence-electron chi connectivity index (χ0n) is 14.8. The normalized spacial score (nSPS) is 16.7. The molecule has 1 aromatic heterocycles. The fraction of sp³-hybridized carbons (Fsp3) is 0.412. The van der Waals surface area contributed by atoms with E-state index in [1.54, 1.807) is 25.3 Å². The smallest absolute Gasteiger partial charge is 0.325 e. The Morgan fingerprint density at radius 1 is 1.23 bits per heavy atom. The number of aromatic nitrogens is 2. The van der Waals surface area contributed by atoms with Crippen LogP contribution in [0, 0.1) is 0 Å². The van der Waals surface area contributed by atoms with Crippen LogP contribution in [-0.2, 0) is 11.3 Å². The highest BCUT2D eigenvalue weighted by Gasteiger charge is 2.38. The Bertz CT molecular complexity index is 819. The van der Waals surface area contributed by atoms with Crippen molar-refractivity contribution in [2.45, 2.75) is 32.4 Å². The number of benzene rings is 1. The molecule has 138 valence electrons. The lowest BCUT2D eigenvalue weighted by atomic mass is 10.2. The highest BCUT2D eigenvalue weighted by Crippen LogP contribution is 2.31. The number of carbonyl (C=O) groups is 2. The summed E-state index contributed by atoms with van der Waals surface area (Å²) < 4.78 is 15.7. The minimum Gasteiger partial charge on any atom is -0.493 e. The zero-order chi connectivity index (χ0) is 18.7. The predicted octanol–water partition coefficient (Wildman–Crippen LogP) is 1.97. The molecule has 1 aliphatic rings.